The Hall–Kier alpha value is -1.49. The Morgan fingerprint density at radius 2 is 2.09 bits per heavy atom. The number of rotatable bonds is 12. The smallest absolute Gasteiger partial charge is 0.273 e. The van der Waals surface area contributed by atoms with Crippen molar-refractivity contribution in [3.63, 3.8) is 0 Å². The highest BCUT2D eigenvalue weighted by Gasteiger charge is 2.40. The van der Waals surface area contributed by atoms with Crippen molar-refractivity contribution in [1.29, 1.82) is 0 Å². The third-order valence-corrected chi connectivity index (χ3v) is 8.57. The van der Waals surface area contributed by atoms with Crippen LogP contribution in [0.4, 0.5) is 0 Å². The number of methoxy groups -OCH3 is 1. The molecule has 9 nitrogen and oxygen atoms in total. The van der Waals surface area contributed by atoms with Gasteiger partial charge in [-0.3, -0.25) is 4.79 Å². The lowest BCUT2D eigenvalue weighted by Gasteiger charge is -2.43. The first-order valence-corrected chi connectivity index (χ1v) is 13.3. The van der Waals surface area contributed by atoms with Crippen molar-refractivity contribution in [3.8, 4) is 0 Å². The van der Waals surface area contributed by atoms with Crippen LogP contribution in [-0.2, 0) is 14.8 Å². The molecule has 0 radical (unpaired) electrons. The minimum absolute atomic E-state index is 0.0878. The van der Waals surface area contributed by atoms with E-state index in [4.69, 9.17) is 9.26 Å². The van der Waals surface area contributed by atoms with Gasteiger partial charge in [-0.05, 0) is 59.0 Å². The fourth-order valence-corrected chi connectivity index (χ4v) is 6.60. The molecule has 2 heterocycles. The molecule has 0 bridgehead atoms. The average molecular weight is 471 g/mol. The second-order valence-electron chi connectivity index (χ2n) is 9.24. The molecule has 0 unspecified atom stereocenters. The molecule has 1 saturated carbocycles. The number of hydrogen-bond donors (Lipinski definition) is 1. The number of carbonyl (C=O) groups is 1. The number of ether oxygens (including phenoxy) is 1. The van der Waals surface area contributed by atoms with Crippen LogP contribution in [0.5, 0.6) is 0 Å². The van der Waals surface area contributed by atoms with Crippen LogP contribution in [0.3, 0.4) is 0 Å². The van der Waals surface area contributed by atoms with Gasteiger partial charge in [-0.1, -0.05) is 12.1 Å². The third kappa shape index (κ3) is 6.52. The molecule has 0 aromatic carbocycles. The first-order valence-electron chi connectivity index (χ1n) is 11.7. The quantitative estimate of drug-likeness (QED) is 0.499. The summed E-state index contributed by atoms with van der Waals surface area (Å²) in [6.07, 6.45) is 4.65. The van der Waals surface area contributed by atoms with Crippen molar-refractivity contribution in [2.75, 3.05) is 39.6 Å². The summed E-state index contributed by atoms with van der Waals surface area (Å²) in [5, 5.41) is 6.97. The van der Waals surface area contributed by atoms with E-state index in [1.807, 2.05) is 20.9 Å². The summed E-state index contributed by atoms with van der Waals surface area (Å²) < 4.78 is 38.4. The van der Waals surface area contributed by atoms with Crippen molar-refractivity contribution in [1.82, 2.24) is 19.7 Å². The van der Waals surface area contributed by atoms with Gasteiger partial charge in [0.2, 0.25) is 10.0 Å². The Morgan fingerprint density at radius 1 is 1.34 bits per heavy atom. The largest absolute Gasteiger partial charge is 0.383 e. The Labute approximate surface area is 191 Å². The molecule has 1 amide bonds. The van der Waals surface area contributed by atoms with Crippen LogP contribution in [0, 0.1) is 0 Å². The molecule has 182 valence electrons. The van der Waals surface area contributed by atoms with Crippen LogP contribution in [0.2, 0.25) is 0 Å². The van der Waals surface area contributed by atoms with E-state index in [0.29, 0.717) is 50.4 Å². The van der Waals surface area contributed by atoms with E-state index in [1.54, 1.807) is 17.5 Å². The summed E-state index contributed by atoms with van der Waals surface area (Å²) in [5.41, 5.74) is 0.306. The van der Waals surface area contributed by atoms with Gasteiger partial charge in [0.15, 0.2) is 5.69 Å². The lowest BCUT2D eigenvalue weighted by Crippen LogP contribution is -2.56. The minimum atomic E-state index is -3.38. The van der Waals surface area contributed by atoms with E-state index in [2.05, 4.69) is 15.4 Å². The predicted molar refractivity (Wildman–Crippen MR) is 122 cm³/mol. The van der Waals surface area contributed by atoms with Gasteiger partial charge >= 0.3 is 0 Å². The van der Waals surface area contributed by atoms with Crippen LogP contribution >= 0.6 is 0 Å². The second kappa shape index (κ2) is 11.1. The summed E-state index contributed by atoms with van der Waals surface area (Å²) in [4.78, 5) is 14.7. The SMILES string of the molecule is CC[C@H]1C[C@@H](NC(=O)c2cc(C3CC3)on2)C[C@@H](C)N1S(=O)(=O)CCCN(C)CCOC. The Morgan fingerprint density at radius 3 is 2.75 bits per heavy atom. The number of sulfonamides is 1. The second-order valence-corrected chi connectivity index (χ2v) is 11.2. The number of likely N-dealkylation sites (N-methyl/N-ethyl adjacent to an activating group) is 1. The first kappa shape index (κ1) is 25.1. The fraction of sp³-hybridized carbons (Fsp3) is 0.818. The standard InChI is InChI=1S/C22H38N4O5S/c1-5-19-14-18(23-22(27)20-15-21(31-24-20)17-7-8-17)13-16(2)26(19)32(28,29)12-6-9-25(3)10-11-30-4/h15-19H,5-14H2,1-4H3,(H,23,27)/t16-,18+,19+/m1/s1. The summed E-state index contributed by atoms with van der Waals surface area (Å²) >= 11 is 0. The molecule has 10 heteroatoms. The molecule has 1 aliphatic carbocycles. The molecule has 2 fully saturated rings. The van der Waals surface area contributed by atoms with Gasteiger partial charge in [-0.25, -0.2) is 8.42 Å². The summed E-state index contributed by atoms with van der Waals surface area (Å²) in [6.45, 7) is 6.06. The molecule has 1 N–H and O–H groups in total. The van der Waals surface area contributed by atoms with Crippen LogP contribution in [0.15, 0.2) is 10.6 Å². The van der Waals surface area contributed by atoms with Gasteiger partial charge in [0.05, 0.1) is 12.4 Å². The zero-order chi connectivity index (χ0) is 23.3. The molecule has 32 heavy (non-hydrogen) atoms. The highest BCUT2D eigenvalue weighted by atomic mass is 32.2. The Bertz CT molecular complexity index is 854. The molecule has 3 rings (SSSR count). The fourth-order valence-electron chi connectivity index (χ4n) is 4.57. The molecule has 1 aromatic rings. The highest BCUT2D eigenvalue weighted by Crippen LogP contribution is 2.40. The first-order chi connectivity index (χ1) is 15.2. The lowest BCUT2D eigenvalue weighted by molar-refractivity contribution is 0.0877. The number of piperidine rings is 1. The van der Waals surface area contributed by atoms with Crippen LogP contribution in [0.1, 0.15) is 74.5 Å². The molecule has 1 aromatic heterocycles. The van der Waals surface area contributed by atoms with E-state index in [1.165, 1.54) is 0 Å². The van der Waals surface area contributed by atoms with Gasteiger partial charge in [0.25, 0.3) is 5.91 Å². The zero-order valence-corrected chi connectivity index (χ0v) is 20.6. The molecular weight excluding hydrogens is 432 g/mol. The van der Waals surface area contributed by atoms with Gasteiger partial charge in [0.1, 0.15) is 5.76 Å². The van der Waals surface area contributed by atoms with Gasteiger partial charge in [-0.2, -0.15) is 4.31 Å². The maximum atomic E-state index is 13.2. The monoisotopic (exact) mass is 470 g/mol. The van der Waals surface area contributed by atoms with E-state index >= 15 is 0 Å². The average Bonchev–Trinajstić information content (AvgIpc) is 3.47. The summed E-state index contributed by atoms with van der Waals surface area (Å²) in [5.74, 6) is 1.07. The van der Waals surface area contributed by atoms with Gasteiger partial charge in [0, 0.05) is 43.8 Å². The number of aromatic nitrogens is 1. The number of amides is 1. The maximum absolute atomic E-state index is 13.2. The maximum Gasteiger partial charge on any atom is 0.273 e. The van der Waals surface area contributed by atoms with E-state index in [0.717, 1.165) is 25.1 Å². The van der Waals surface area contributed by atoms with Crippen LogP contribution in [-0.4, -0.2) is 86.4 Å². The van der Waals surface area contributed by atoms with E-state index in [9.17, 15) is 13.2 Å². The van der Waals surface area contributed by atoms with Crippen molar-refractivity contribution in [3.05, 3.63) is 17.5 Å². The summed E-state index contributed by atoms with van der Waals surface area (Å²) in [6, 6.07) is 1.35. The summed E-state index contributed by atoms with van der Waals surface area (Å²) in [7, 11) is 0.255. The number of nitrogens with zero attached hydrogens (tertiary/aromatic N) is 3. The van der Waals surface area contributed by atoms with Crippen molar-refractivity contribution >= 4 is 15.9 Å². The molecule has 2 aliphatic rings. The van der Waals surface area contributed by atoms with E-state index in [-0.39, 0.29) is 29.8 Å². The number of carbonyl (C=O) groups excluding carboxylic acids is 1. The molecule has 1 aliphatic heterocycles. The van der Waals surface area contributed by atoms with Crippen molar-refractivity contribution in [2.45, 2.75) is 76.4 Å². The van der Waals surface area contributed by atoms with Crippen molar-refractivity contribution < 1.29 is 22.5 Å². The number of nitrogens with one attached hydrogen (secondary N) is 1. The van der Waals surface area contributed by atoms with E-state index < -0.39 is 10.0 Å². The minimum Gasteiger partial charge on any atom is -0.383 e. The predicted octanol–water partition coefficient (Wildman–Crippen LogP) is 2.21. The Balaban J connectivity index is 1.54. The highest BCUT2D eigenvalue weighted by molar-refractivity contribution is 7.89. The van der Waals surface area contributed by atoms with Gasteiger partial charge in [-0.15, -0.1) is 0 Å². The molecular formula is C22H38N4O5S. The van der Waals surface area contributed by atoms with Crippen LogP contribution < -0.4 is 5.32 Å². The van der Waals surface area contributed by atoms with Crippen molar-refractivity contribution in [2.24, 2.45) is 0 Å². The molecule has 0 spiro atoms. The third-order valence-electron chi connectivity index (χ3n) is 6.46. The lowest BCUT2D eigenvalue weighted by atomic mass is 9.93. The van der Waals surface area contributed by atoms with Crippen LogP contribution in [0.25, 0.3) is 0 Å². The molecule has 1 saturated heterocycles. The number of hydrogen-bond acceptors (Lipinski definition) is 7. The zero-order valence-electron chi connectivity index (χ0n) is 19.7. The van der Waals surface area contributed by atoms with Gasteiger partial charge < -0.3 is 19.5 Å². The normalized spacial score (nSPS) is 24.7. The topological polar surface area (TPSA) is 105 Å². The molecule has 3 atom stereocenters. The Kier molecular flexibility index (Phi) is 8.71.